The highest BCUT2D eigenvalue weighted by molar-refractivity contribution is 5.47. The van der Waals surface area contributed by atoms with E-state index in [1.54, 1.807) is 0 Å². The minimum absolute atomic E-state index is 0.390. The summed E-state index contributed by atoms with van der Waals surface area (Å²) in [5.74, 6) is -0.779. The number of hydrogen-bond acceptors (Lipinski definition) is 9. The highest BCUT2D eigenvalue weighted by Crippen LogP contribution is 2.24. The van der Waals surface area contributed by atoms with Crippen molar-refractivity contribution in [3.63, 3.8) is 0 Å². The van der Waals surface area contributed by atoms with Crippen LogP contribution in [0.25, 0.3) is 0 Å². The lowest BCUT2D eigenvalue weighted by molar-refractivity contribution is -0.0253. The molecule has 2 aromatic heterocycles. The first-order valence-corrected chi connectivity index (χ1v) is 5.28. The summed E-state index contributed by atoms with van der Waals surface area (Å²) in [4.78, 5) is 63.0. The Bertz CT molecular complexity index is 885. The molecular weight excluding hydrogens is 290 g/mol. The van der Waals surface area contributed by atoms with Gasteiger partial charge in [-0.15, -0.1) is 10.2 Å². The van der Waals surface area contributed by atoms with Crippen molar-refractivity contribution >= 4 is 11.4 Å². The SMILES string of the molecule is O=c1[nH]c2c(c(=O)[nH]1)/N=N/c1c([nH]c(=O)[nH]c1=O)ONO2. The van der Waals surface area contributed by atoms with Crippen LogP contribution in [0.5, 0.6) is 11.8 Å². The summed E-state index contributed by atoms with van der Waals surface area (Å²) < 4.78 is 0. The van der Waals surface area contributed by atoms with Gasteiger partial charge in [-0.05, 0) is 0 Å². The minimum atomic E-state index is -0.899. The van der Waals surface area contributed by atoms with Crippen molar-refractivity contribution in [3.05, 3.63) is 41.7 Å². The fraction of sp³-hybridized carbons (Fsp3) is 0. The molecule has 0 saturated carbocycles. The van der Waals surface area contributed by atoms with E-state index in [0.717, 1.165) is 0 Å². The van der Waals surface area contributed by atoms with Gasteiger partial charge in [0.2, 0.25) is 11.4 Å². The van der Waals surface area contributed by atoms with Crippen LogP contribution in [-0.2, 0) is 0 Å². The number of azo groups is 1. The zero-order valence-corrected chi connectivity index (χ0v) is 9.84. The molecule has 0 amide bonds. The second-order valence-corrected chi connectivity index (χ2v) is 3.66. The summed E-state index contributed by atoms with van der Waals surface area (Å²) in [7, 11) is 0. The topological polar surface area (TPSA) is 187 Å². The lowest BCUT2D eigenvalue weighted by atomic mass is 10.5. The number of aromatic nitrogens is 4. The second kappa shape index (κ2) is 4.57. The molecule has 0 fully saturated rings. The Morgan fingerprint density at radius 3 is 1.52 bits per heavy atom. The summed E-state index contributed by atoms with van der Waals surface area (Å²) in [5.41, 5.74) is -2.44. The Kier molecular flexibility index (Phi) is 2.73. The van der Waals surface area contributed by atoms with E-state index in [1.165, 1.54) is 0 Å². The van der Waals surface area contributed by atoms with Gasteiger partial charge < -0.3 is 9.68 Å². The van der Waals surface area contributed by atoms with Crippen molar-refractivity contribution in [1.82, 2.24) is 25.6 Å². The first kappa shape index (κ1) is 12.5. The van der Waals surface area contributed by atoms with Crippen molar-refractivity contribution in [1.29, 1.82) is 0 Å². The third-order valence-corrected chi connectivity index (χ3v) is 2.31. The molecule has 3 heterocycles. The van der Waals surface area contributed by atoms with Gasteiger partial charge in [0, 0.05) is 5.64 Å². The van der Waals surface area contributed by atoms with Gasteiger partial charge in [-0.1, -0.05) is 0 Å². The summed E-state index contributed by atoms with van der Waals surface area (Å²) in [6.45, 7) is 0. The van der Waals surface area contributed by atoms with Crippen LogP contribution in [0.1, 0.15) is 0 Å². The van der Waals surface area contributed by atoms with E-state index in [0.29, 0.717) is 0 Å². The summed E-state index contributed by atoms with van der Waals surface area (Å²) in [5, 5.41) is 7.01. The molecular formula is C8H5N7O6. The molecule has 0 atom stereocenters. The molecule has 5 N–H and O–H groups in total. The molecule has 0 unspecified atom stereocenters. The van der Waals surface area contributed by atoms with Crippen LogP contribution in [0.15, 0.2) is 29.4 Å². The predicted octanol–water partition coefficient (Wildman–Crippen LogP) is -1.95. The maximum absolute atomic E-state index is 11.6. The third kappa shape index (κ3) is 2.23. The van der Waals surface area contributed by atoms with Crippen LogP contribution in [0.2, 0.25) is 0 Å². The Morgan fingerprint density at radius 2 is 1.10 bits per heavy atom. The Balaban J connectivity index is 2.24. The number of fused-ring (bicyclic) bond motifs is 2. The van der Waals surface area contributed by atoms with Gasteiger partial charge in [-0.3, -0.25) is 29.5 Å². The van der Waals surface area contributed by atoms with Crippen molar-refractivity contribution in [3.8, 4) is 11.8 Å². The predicted molar refractivity (Wildman–Crippen MR) is 63.9 cm³/mol. The van der Waals surface area contributed by atoms with Gasteiger partial charge in [-0.2, -0.15) is 0 Å². The van der Waals surface area contributed by atoms with Crippen molar-refractivity contribution in [2.45, 2.75) is 0 Å². The fourth-order valence-electron chi connectivity index (χ4n) is 1.45. The molecule has 3 rings (SSSR count). The van der Waals surface area contributed by atoms with Gasteiger partial charge in [0.05, 0.1) is 0 Å². The molecule has 0 spiro atoms. The molecule has 0 aliphatic carbocycles. The third-order valence-electron chi connectivity index (χ3n) is 2.31. The number of nitrogens with zero attached hydrogens (tertiary/aromatic N) is 2. The van der Waals surface area contributed by atoms with Gasteiger partial charge in [0.25, 0.3) is 22.9 Å². The normalized spacial score (nSPS) is 14.5. The second-order valence-electron chi connectivity index (χ2n) is 3.66. The average Bonchev–Trinajstić information content (AvgIpc) is 2.47. The first-order chi connectivity index (χ1) is 10.0. The van der Waals surface area contributed by atoms with Crippen LogP contribution >= 0.6 is 0 Å². The highest BCUT2D eigenvalue weighted by atomic mass is 16.9. The average molecular weight is 295 g/mol. The number of nitrogens with one attached hydrogen (secondary N) is 5. The van der Waals surface area contributed by atoms with E-state index < -0.39 is 33.9 Å². The Hall–Kier alpha value is -3.48. The van der Waals surface area contributed by atoms with E-state index >= 15 is 0 Å². The van der Waals surface area contributed by atoms with E-state index in [2.05, 4.69) is 20.2 Å². The number of H-pyrrole nitrogens is 4. The molecule has 1 aliphatic rings. The molecule has 21 heavy (non-hydrogen) atoms. The van der Waals surface area contributed by atoms with Crippen LogP contribution in [0.4, 0.5) is 11.4 Å². The van der Waals surface area contributed by atoms with Gasteiger partial charge in [0.1, 0.15) is 0 Å². The number of rotatable bonds is 0. The van der Waals surface area contributed by atoms with Gasteiger partial charge in [0.15, 0.2) is 0 Å². The van der Waals surface area contributed by atoms with Crippen molar-refractivity contribution in [2.24, 2.45) is 10.2 Å². The highest BCUT2D eigenvalue weighted by Gasteiger charge is 2.17. The monoisotopic (exact) mass is 295 g/mol. The fourth-order valence-corrected chi connectivity index (χ4v) is 1.45. The van der Waals surface area contributed by atoms with E-state index in [9.17, 15) is 19.2 Å². The lowest BCUT2D eigenvalue weighted by Crippen LogP contribution is -2.30. The van der Waals surface area contributed by atoms with E-state index in [-0.39, 0.29) is 11.8 Å². The molecule has 0 saturated heterocycles. The maximum Gasteiger partial charge on any atom is 0.328 e. The lowest BCUT2D eigenvalue weighted by Gasteiger charge is -2.06. The minimum Gasteiger partial charge on any atom is -0.352 e. The molecule has 0 radical (unpaired) electrons. The van der Waals surface area contributed by atoms with Crippen molar-refractivity contribution in [2.75, 3.05) is 0 Å². The molecule has 13 nitrogen and oxygen atoms in total. The van der Waals surface area contributed by atoms with Crippen LogP contribution < -0.4 is 37.8 Å². The summed E-state index contributed by atoms with van der Waals surface area (Å²) in [6.07, 6.45) is 0. The Morgan fingerprint density at radius 1 is 0.667 bits per heavy atom. The molecule has 0 aromatic carbocycles. The molecule has 13 heteroatoms. The zero-order valence-electron chi connectivity index (χ0n) is 9.84. The maximum atomic E-state index is 11.6. The quantitative estimate of drug-likeness (QED) is 0.373. The largest absolute Gasteiger partial charge is 0.352 e. The molecule has 108 valence electrons. The van der Waals surface area contributed by atoms with Crippen LogP contribution in [-0.4, -0.2) is 19.9 Å². The van der Waals surface area contributed by atoms with Crippen LogP contribution in [0, 0.1) is 0 Å². The van der Waals surface area contributed by atoms with E-state index in [1.807, 2.05) is 15.6 Å². The molecule has 0 bridgehead atoms. The first-order valence-electron chi connectivity index (χ1n) is 5.28. The van der Waals surface area contributed by atoms with Crippen molar-refractivity contribution < 1.29 is 9.68 Å². The van der Waals surface area contributed by atoms with E-state index in [4.69, 9.17) is 9.68 Å². The molecule has 2 aromatic rings. The standard InChI is InChI=1S/C8H5N7O6/c16-3-1-5(11-7(18)9-3)20-15-21-6-2(14-13-1)4(17)10-8(19)12-6/h15H,(H2,9,11,16,18)(H2,10,12,17,19)/b14-13+. The number of hydrogen-bond donors (Lipinski definition) is 5. The summed E-state index contributed by atoms with van der Waals surface area (Å²) in [6, 6.07) is 0. The zero-order chi connectivity index (χ0) is 15.0. The smallest absolute Gasteiger partial charge is 0.328 e. The van der Waals surface area contributed by atoms with Crippen LogP contribution in [0.3, 0.4) is 0 Å². The van der Waals surface area contributed by atoms with Gasteiger partial charge >= 0.3 is 11.4 Å². The summed E-state index contributed by atoms with van der Waals surface area (Å²) >= 11 is 0. The number of aromatic amines is 4. The Labute approximate surface area is 111 Å². The molecule has 1 aliphatic heterocycles. The van der Waals surface area contributed by atoms with Gasteiger partial charge in [-0.25, -0.2) is 9.59 Å².